The standard InChI is InChI=1S/C16H18F2N2O/c1-9-6-10(9)8-20-14(19-16(4-5-16)15(20)21)12-3-2-11(17)7-13(12)18/h2-3,7,9-10,14,19H,4-6,8H2,1H3. The first-order valence-electron chi connectivity index (χ1n) is 7.54. The van der Waals surface area contributed by atoms with Crippen LogP contribution in [0.25, 0.3) is 0 Å². The Morgan fingerprint density at radius 3 is 2.67 bits per heavy atom. The Balaban J connectivity index is 1.66. The monoisotopic (exact) mass is 292 g/mol. The van der Waals surface area contributed by atoms with Crippen molar-refractivity contribution in [3.63, 3.8) is 0 Å². The lowest BCUT2D eigenvalue weighted by atomic mass is 10.1. The molecule has 3 aliphatic rings. The zero-order valence-corrected chi connectivity index (χ0v) is 11.9. The third-order valence-electron chi connectivity index (χ3n) is 5.11. The Morgan fingerprint density at radius 2 is 2.10 bits per heavy atom. The van der Waals surface area contributed by atoms with E-state index < -0.39 is 23.3 Å². The van der Waals surface area contributed by atoms with Crippen LogP contribution in [-0.4, -0.2) is 22.9 Å². The number of nitrogens with zero attached hydrogens (tertiary/aromatic N) is 1. The lowest BCUT2D eigenvalue weighted by Gasteiger charge is -2.25. The second kappa shape index (κ2) is 4.26. The normalized spacial score (nSPS) is 32.8. The Morgan fingerprint density at radius 1 is 1.38 bits per heavy atom. The van der Waals surface area contributed by atoms with Crippen molar-refractivity contribution in [3.8, 4) is 0 Å². The van der Waals surface area contributed by atoms with Gasteiger partial charge in [-0.1, -0.05) is 6.92 Å². The van der Waals surface area contributed by atoms with Crippen molar-refractivity contribution in [3.05, 3.63) is 35.4 Å². The van der Waals surface area contributed by atoms with Crippen LogP contribution >= 0.6 is 0 Å². The molecule has 1 aromatic rings. The summed E-state index contributed by atoms with van der Waals surface area (Å²) in [5.74, 6) is 0.0363. The first-order chi connectivity index (χ1) is 10.00. The van der Waals surface area contributed by atoms with E-state index in [2.05, 4.69) is 12.2 Å². The van der Waals surface area contributed by atoms with Crippen LogP contribution in [0, 0.1) is 23.5 Å². The summed E-state index contributed by atoms with van der Waals surface area (Å²) in [5.41, 5.74) is -0.120. The van der Waals surface area contributed by atoms with Gasteiger partial charge in [-0.3, -0.25) is 10.1 Å². The Labute approximate surface area is 122 Å². The molecule has 0 radical (unpaired) electrons. The van der Waals surface area contributed by atoms with Crippen molar-refractivity contribution in [2.75, 3.05) is 6.54 Å². The van der Waals surface area contributed by atoms with Gasteiger partial charge in [0.05, 0.1) is 0 Å². The number of halogens is 2. The SMILES string of the molecule is CC1CC1CN1C(=O)C2(CC2)NC1c1ccc(F)cc1F. The van der Waals surface area contributed by atoms with Crippen molar-refractivity contribution in [1.29, 1.82) is 0 Å². The topological polar surface area (TPSA) is 32.3 Å². The molecule has 3 atom stereocenters. The summed E-state index contributed by atoms with van der Waals surface area (Å²) < 4.78 is 27.2. The molecule has 21 heavy (non-hydrogen) atoms. The third kappa shape index (κ3) is 2.06. The maximum absolute atomic E-state index is 14.1. The van der Waals surface area contributed by atoms with Gasteiger partial charge in [0, 0.05) is 18.2 Å². The van der Waals surface area contributed by atoms with Gasteiger partial charge in [0.25, 0.3) is 0 Å². The van der Waals surface area contributed by atoms with Gasteiger partial charge in [-0.05, 0) is 43.2 Å². The minimum Gasteiger partial charge on any atom is -0.321 e. The molecule has 2 aliphatic carbocycles. The zero-order chi connectivity index (χ0) is 14.8. The van der Waals surface area contributed by atoms with Crippen LogP contribution in [0.2, 0.25) is 0 Å². The molecule has 4 rings (SSSR count). The van der Waals surface area contributed by atoms with E-state index in [4.69, 9.17) is 0 Å². The molecule has 1 saturated heterocycles. The van der Waals surface area contributed by atoms with Gasteiger partial charge in [0.1, 0.15) is 23.3 Å². The molecular weight excluding hydrogens is 274 g/mol. The number of hydrogen-bond donors (Lipinski definition) is 1. The summed E-state index contributed by atoms with van der Waals surface area (Å²) in [7, 11) is 0. The zero-order valence-electron chi connectivity index (χ0n) is 11.9. The molecule has 3 nitrogen and oxygen atoms in total. The molecule has 3 unspecified atom stereocenters. The van der Waals surface area contributed by atoms with E-state index in [1.165, 1.54) is 12.1 Å². The van der Waals surface area contributed by atoms with E-state index in [0.29, 0.717) is 23.9 Å². The average Bonchev–Trinajstić information content (AvgIpc) is 3.31. The lowest BCUT2D eigenvalue weighted by Crippen LogP contribution is -2.34. The van der Waals surface area contributed by atoms with Gasteiger partial charge in [0.2, 0.25) is 5.91 Å². The summed E-state index contributed by atoms with van der Waals surface area (Å²) in [4.78, 5) is 14.3. The van der Waals surface area contributed by atoms with Crippen LogP contribution in [0.3, 0.4) is 0 Å². The largest absolute Gasteiger partial charge is 0.321 e. The molecule has 0 aromatic heterocycles. The predicted octanol–water partition coefficient (Wildman–Crippen LogP) is 2.58. The molecule has 1 N–H and O–H groups in total. The van der Waals surface area contributed by atoms with Crippen LogP contribution < -0.4 is 5.32 Å². The molecular formula is C16H18F2N2O. The summed E-state index contributed by atoms with van der Waals surface area (Å²) in [6.45, 7) is 2.83. The van der Waals surface area contributed by atoms with Crippen molar-refractivity contribution >= 4 is 5.91 Å². The van der Waals surface area contributed by atoms with E-state index in [-0.39, 0.29) is 5.91 Å². The summed E-state index contributed by atoms with van der Waals surface area (Å²) >= 11 is 0. The van der Waals surface area contributed by atoms with Gasteiger partial charge in [-0.2, -0.15) is 0 Å². The fraction of sp³-hybridized carbons (Fsp3) is 0.562. The number of benzene rings is 1. The summed E-state index contributed by atoms with van der Waals surface area (Å²) in [6, 6.07) is 3.58. The highest BCUT2D eigenvalue weighted by Crippen LogP contribution is 2.48. The van der Waals surface area contributed by atoms with Gasteiger partial charge in [-0.25, -0.2) is 8.78 Å². The van der Waals surface area contributed by atoms with E-state index in [1.54, 1.807) is 4.90 Å². The molecule has 1 heterocycles. The molecule has 0 bridgehead atoms. The van der Waals surface area contributed by atoms with Crippen LogP contribution in [0.5, 0.6) is 0 Å². The van der Waals surface area contributed by atoms with E-state index in [0.717, 1.165) is 25.3 Å². The molecule has 112 valence electrons. The number of carbonyl (C=O) groups is 1. The number of carbonyl (C=O) groups excluding carboxylic acids is 1. The highest BCUT2D eigenvalue weighted by molar-refractivity contribution is 5.92. The predicted molar refractivity (Wildman–Crippen MR) is 73.2 cm³/mol. The van der Waals surface area contributed by atoms with Crippen LogP contribution in [-0.2, 0) is 4.79 Å². The van der Waals surface area contributed by atoms with E-state index in [1.807, 2.05) is 0 Å². The number of rotatable bonds is 3. The Bertz CT molecular complexity index is 614. The fourth-order valence-corrected chi connectivity index (χ4v) is 3.34. The molecule has 1 spiro atoms. The fourth-order valence-electron chi connectivity index (χ4n) is 3.34. The first-order valence-corrected chi connectivity index (χ1v) is 7.54. The van der Waals surface area contributed by atoms with Gasteiger partial charge in [-0.15, -0.1) is 0 Å². The summed E-state index contributed by atoms with van der Waals surface area (Å²) in [5, 5.41) is 3.28. The van der Waals surface area contributed by atoms with E-state index in [9.17, 15) is 13.6 Å². The van der Waals surface area contributed by atoms with E-state index >= 15 is 0 Å². The second-order valence-electron chi connectivity index (χ2n) is 6.73. The maximum Gasteiger partial charge on any atom is 0.244 e. The van der Waals surface area contributed by atoms with Crippen LogP contribution in [0.1, 0.15) is 37.9 Å². The quantitative estimate of drug-likeness (QED) is 0.928. The van der Waals surface area contributed by atoms with Gasteiger partial charge < -0.3 is 4.90 Å². The van der Waals surface area contributed by atoms with Gasteiger partial charge >= 0.3 is 0 Å². The van der Waals surface area contributed by atoms with Gasteiger partial charge in [0.15, 0.2) is 0 Å². The Hall–Kier alpha value is -1.49. The van der Waals surface area contributed by atoms with Crippen molar-refractivity contribution in [2.24, 2.45) is 11.8 Å². The second-order valence-corrected chi connectivity index (χ2v) is 6.73. The smallest absolute Gasteiger partial charge is 0.244 e. The molecule has 2 saturated carbocycles. The van der Waals surface area contributed by atoms with Crippen molar-refractivity contribution in [1.82, 2.24) is 10.2 Å². The molecule has 1 aromatic carbocycles. The minimum atomic E-state index is -0.593. The first kappa shape index (κ1) is 13.2. The molecule has 1 aliphatic heterocycles. The summed E-state index contributed by atoms with van der Waals surface area (Å²) in [6.07, 6.45) is 2.27. The number of hydrogen-bond acceptors (Lipinski definition) is 2. The van der Waals surface area contributed by atoms with Crippen molar-refractivity contribution < 1.29 is 13.6 Å². The molecule has 5 heteroatoms. The minimum absolute atomic E-state index is 0.0790. The highest BCUT2D eigenvalue weighted by Gasteiger charge is 2.60. The van der Waals surface area contributed by atoms with Crippen LogP contribution in [0.4, 0.5) is 8.78 Å². The van der Waals surface area contributed by atoms with Crippen LogP contribution in [0.15, 0.2) is 18.2 Å². The highest BCUT2D eigenvalue weighted by atomic mass is 19.1. The van der Waals surface area contributed by atoms with Crippen molar-refractivity contribution in [2.45, 2.75) is 37.9 Å². The number of nitrogens with one attached hydrogen (secondary N) is 1. The molecule has 3 fully saturated rings. The third-order valence-corrected chi connectivity index (χ3v) is 5.11. The number of amides is 1. The maximum atomic E-state index is 14.1. The average molecular weight is 292 g/mol. The Kier molecular flexibility index (Phi) is 2.67. The molecule has 1 amide bonds. The lowest BCUT2D eigenvalue weighted by molar-refractivity contribution is -0.131.